The van der Waals surface area contributed by atoms with Crippen molar-refractivity contribution in [2.45, 2.75) is 26.9 Å². The molecule has 0 heterocycles. The van der Waals surface area contributed by atoms with Crippen LogP contribution in [0.2, 0.25) is 0 Å². The van der Waals surface area contributed by atoms with E-state index in [1.54, 1.807) is 42.5 Å². The largest absolute Gasteiger partial charge is 0.493 e. The maximum atomic E-state index is 12.4. The molecule has 24 heavy (non-hydrogen) atoms. The Morgan fingerprint density at radius 3 is 2.38 bits per heavy atom. The van der Waals surface area contributed by atoms with Crippen LogP contribution in [0.1, 0.15) is 41.5 Å². The maximum Gasteiger partial charge on any atom is 0.255 e. The van der Waals surface area contributed by atoms with Gasteiger partial charge in [-0.3, -0.25) is 9.59 Å². The molecule has 0 spiro atoms. The number of ether oxygens (including phenoxy) is 2. The van der Waals surface area contributed by atoms with Crippen LogP contribution in [-0.4, -0.2) is 24.9 Å². The summed E-state index contributed by atoms with van der Waals surface area (Å²) in [5.74, 6) is 0.740. The van der Waals surface area contributed by atoms with Crippen LogP contribution in [0.5, 0.6) is 11.5 Å². The quantitative estimate of drug-likeness (QED) is 0.816. The first-order chi connectivity index (χ1) is 11.4. The third kappa shape index (κ3) is 4.35. The Hall–Kier alpha value is -2.82. The molecule has 1 amide bonds. The molecule has 5 heteroatoms. The van der Waals surface area contributed by atoms with Gasteiger partial charge in [0.1, 0.15) is 0 Å². The van der Waals surface area contributed by atoms with Crippen molar-refractivity contribution in [3.8, 4) is 11.5 Å². The van der Waals surface area contributed by atoms with Crippen molar-refractivity contribution in [2.75, 3.05) is 12.4 Å². The van der Waals surface area contributed by atoms with E-state index in [0.717, 1.165) is 0 Å². The highest BCUT2D eigenvalue weighted by atomic mass is 16.5. The minimum Gasteiger partial charge on any atom is -0.493 e. The van der Waals surface area contributed by atoms with Crippen molar-refractivity contribution in [1.29, 1.82) is 0 Å². The summed E-state index contributed by atoms with van der Waals surface area (Å²) in [6.07, 6.45) is 0.00731. The molecule has 0 aliphatic rings. The second-order valence-corrected chi connectivity index (χ2v) is 5.62. The SMILES string of the molecule is COc1cc(C(=O)Nc2cccc(C(C)=O)c2)ccc1OC(C)C. The lowest BCUT2D eigenvalue weighted by atomic mass is 10.1. The van der Waals surface area contributed by atoms with E-state index in [2.05, 4.69) is 5.32 Å². The number of amides is 1. The molecular formula is C19H21NO4. The molecule has 5 nitrogen and oxygen atoms in total. The van der Waals surface area contributed by atoms with Crippen LogP contribution >= 0.6 is 0 Å². The molecule has 0 atom stereocenters. The summed E-state index contributed by atoms with van der Waals surface area (Å²) in [6, 6.07) is 11.8. The molecule has 0 saturated carbocycles. The van der Waals surface area contributed by atoms with Gasteiger partial charge in [0.05, 0.1) is 13.2 Å². The lowest BCUT2D eigenvalue weighted by Gasteiger charge is -2.14. The molecule has 126 valence electrons. The van der Waals surface area contributed by atoms with E-state index in [0.29, 0.717) is 28.3 Å². The average Bonchev–Trinajstić information content (AvgIpc) is 2.54. The van der Waals surface area contributed by atoms with Crippen molar-refractivity contribution in [2.24, 2.45) is 0 Å². The number of hydrogen-bond acceptors (Lipinski definition) is 4. The molecule has 0 saturated heterocycles. The van der Waals surface area contributed by atoms with E-state index in [1.165, 1.54) is 14.0 Å². The molecule has 0 aromatic heterocycles. The van der Waals surface area contributed by atoms with Crippen LogP contribution in [0, 0.1) is 0 Å². The molecule has 0 radical (unpaired) electrons. The van der Waals surface area contributed by atoms with Gasteiger partial charge in [0.15, 0.2) is 17.3 Å². The van der Waals surface area contributed by atoms with Crippen LogP contribution in [0.3, 0.4) is 0 Å². The molecule has 0 unspecified atom stereocenters. The van der Waals surface area contributed by atoms with Gasteiger partial charge in [0.2, 0.25) is 0 Å². The number of carbonyl (C=O) groups excluding carboxylic acids is 2. The Morgan fingerprint density at radius 2 is 1.75 bits per heavy atom. The van der Waals surface area contributed by atoms with Crippen LogP contribution in [0.25, 0.3) is 0 Å². The van der Waals surface area contributed by atoms with E-state index < -0.39 is 0 Å². The fourth-order valence-electron chi connectivity index (χ4n) is 2.18. The lowest BCUT2D eigenvalue weighted by Crippen LogP contribution is -2.13. The van der Waals surface area contributed by atoms with E-state index in [-0.39, 0.29) is 17.8 Å². The van der Waals surface area contributed by atoms with Crippen molar-refractivity contribution in [3.63, 3.8) is 0 Å². The second-order valence-electron chi connectivity index (χ2n) is 5.62. The molecule has 0 fully saturated rings. The highest BCUT2D eigenvalue weighted by Crippen LogP contribution is 2.29. The number of methoxy groups -OCH3 is 1. The number of hydrogen-bond donors (Lipinski definition) is 1. The molecule has 2 aromatic rings. The van der Waals surface area contributed by atoms with Crippen molar-refractivity contribution in [3.05, 3.63) is 53.6 Å². The Bertz CT molecular complexity index is 753. The van der Waals surface area contributed by atoms with Gasteiger partial charge in [-0.05, 0) is 51.1 Å². The van der Waals surface area contributed by atoms with Gasteiger partial charge in [0.25, 0.3) is 5.91 Å². The molecule has 1 N–H and O–H groups in total. The summed E-state index contributed by atoms with van der Waals surface area (Å²) in [7, 11) is 1.53. The second kappa shape index (κ2) is 7.64. The van der Waals surface area contributed by atoms with Crippen LogP contribution in [-0.2, 0) is 0 Å². The zero-order valence-corrected chi connectivity index (χ0v) is 14.3. The topological polar surface area (TPSA) is 64.6 Å². The number of anilines is 1. The summed E-state index contributed by atoms with van der Waals surface area (Å²) >= 11 is 0. The highest BCUT2D eigenvalue weighted by molar-refractivity contribution is 6.05. The van der Waals surface area contributed by atoms with Gasteiger partial charge < -0.3 is 14.8 Å². The Kier molecular flexibility index (Phi) is 5.58. The van der Waals surface area contributed by atoms with E-state index in [1.807, 2.05) is 13.8 Å². The molecule has 0 aliphatic carbocycles. The highest BCUT2D eigenvalue weighted by Gasteiger charge is 2.13. The minimum atomic E-state index is -0.287. The van der Waals surface area contributed by atoms with E-state index >= 15 is 0 Å². The number of carbonyl (C=O) groups is 2. The van der Waals surface area contributed by atoms with E-state index in [9.17, 15) is 9.59 Å². The molecule has 0 bridgehead atoms. The predicted molar refractivity (Wildman–Crippen MR) is 93.2 cm³/mol. The van der Waals surface area contributed by atoms with Gasteiger partial charge in [-0.25, -0.2) is 0 Å². The summed E-state index contributed by atoms with van der Waals surface area (Å²) in [5.41, 5.74) is 1.55. The fraction of sp³-hybridized carbons (Fsp3) is 0.263. The maximum absolute atomic E-state index is 12.4. The van der Waals surface area contributed by atoms with Crippen molar-refractivity contribution in [1.82, 2.24) is 0 Å². The third-order valence-corrected chi connectivity index (χ3v) is 3.32. The fourth-order valence-corrected chi connectivity index (χ4v) is 2.18. The first-order valence-electron chi connectivity index (χ1n) is 7.67. The smallest absolute Gasteiger partial charge is 0.255 e. The third-order valence-electron chi connectivity index (χ3n) is 3.32. The van der Waals surface area contributed by atoms with Gasteiger partial charge in [-0.2, -0.15) is 0 Å². The van der Waals surface area contributed by atoms with E-state index in [4.69, 9.17) is 9.47 Å². The standard InChI is InChI=1S/C19H21NO4/c1-12(2)24-17-9-8-15(11-18(17)23-4)19(22)20-16-7-5-6-14(10-16)13(3)21/h5-12H,1-4H3,(H,20,22). The van der Waals surface area contributed by atoms with Crippen LogP contribution < -0.4 is 14.8 Å². The summed E-state index contributed by atoms with van der Waals surface area (Å²) in [4.78, 5) is 23.8. The summed E-state index contributed by atoms with van der Waals surface area (Å²) in [5, 5.41) is 2.78. The average molecular weight is 327 g/mol. The van der Waals surface area contributed by atoms with Gasteiger partial charge >= 0.3 is 0 Å². The number of ketones is 1. The molecule has 2 aromatic carbocycles. The van der Waals surface area contributed by atoms with Crippen molar-refractivity contribution >= 4 is 17.4 Å². The number of Topliss-reactive ketones (excluding diaryl/α,β-unsaturated/α-hetero) is 1. The van der Waals surface area contributed by atoms with Crippen LogP contribution in [0.15, 0.2) is 42.5 Å². The molecule has 0 aliphatic heterocycles. The molecular weight excluding hydrogens is 306 g/mol. The van der Waals surface area contributed by atoms with Crippen molar-refractivity contribution < 1.29 is 19.1 Å². The Labute approximate surface area is 141 Å². The first kappa shape index (κ1) is 17.5. The monoisotopic (exact) mass is 327 g/mol. The summed E-state index contributed by atoms with van der Waals surface area (Å²) < 4.78 is 10.9. The van der Waals surface area contributed by atoms with Gasteiger partial charge in [-0.15, -0.1) is 0 Å². The van der Waals surface area contributed by atoms with Gasteiger partial charge in [-0.1, -0.05) is 12.1 Å². The lowest BCUT2D eigenvalue weighted by molar-refractivity contribution is 0.101. The number of nitrogens with one attached hydrogen (secondary N) is 1. The first-order valence-corrected chi connectivity index (χ1v) is 7.67. The number of benzene rings is 2. The molecule has 2 rings (SSSR count). The Morgan fingerprint density at radius 1 is 1.00 bits per heavy atom. The van der Waals surface area contributed by atoms with Crippen LogP contribution in [0.4, 0.5) is 5.69 Å². The zero-order chi connectivity index (χ0) is 17.7. The van der Waals surface area contributed by atoms with Gasteiger partial charge in [0, 0.05) is 16.8 Å². The normalized spacial score (nSPS) is 10.4. The Balaban J connectivity index is 2.20. The number of rotatable bonds is 6. The predicted octanol–water partition coefficient (Wildman–Crippen LogP) is 3.94. The minimum absolute atomic E-state index is 0.00731. The zero-order valence-electron chi connectivity index (χ0n) is 14.3. The summed E-state index contributed by atoms with van der Waals surface area (Å²) in [6.45, 7) is 5.32.